The van der Waals surface area contributed by atoms with Gasteiger partial charge in [-0.05, 0) is 56.4 Å². The first-order valence-corrected chi connectivity index (χ1v) is 9.68. The monoisotopic (exact) mass is 355 g/mol. The molecule has 24 heavy (non-hydrogen) atoms. The van der Waals surface area contributed by atoms with Gasteiger partial charge in [-0.15, -0.1) is 0 Å². The van der Waals surface area contributed by atoms with Crippen LogP contribution in [0.4, 0.5) is 0 Å². The molecule has 1 saturated heterocycles. The van der Waals surface area contributed by atoms with Crippen molar-refractivity contribution in [2.45, 2.75) is 44.9 Å². The van der Waals surface area contributed by atoms with Gasteiger partial charge in [0.05, 0.1) is 12.5 Å². The van der Waals surface area contributed by atoms with Crippen molar-refractivity contribution in [3.63, 3.8) is 0 Å². The number of hydrogen-bond donors (Lipinski definition) is 1. The Labute approximate surface area is 143 Å². The van der Waals surface area contributed by atoms with Crippen LogP contribution in [0.3, 0.4) is 0 Å². The molecule has 0 aromatic heterocycles. The van der Waals surface area contributed by atoms with Gasteiger partial charge in [0.1, 0.15) is 10.6 Å². The molecule has 0 spiro atoms. The molecule has 1 N–H and O–H groups in total. The van der Waals surface area contributed by atoms with Gasteiger partial charge in [-0.2, -0.15) is 4.31 Å². The third-order valence-electron chi connectivity index (χ3n) is 4.44. The van der Waals surface area contributed by atoms with Crippen LogP contribution >= 0.6 is 0 Å². The maximum absolute atomic E-state index is 13.0. The molecule has 134 valence electrons. The second-order valence-corrected chi connectivity index (χ2v) is 8.15. The standard InChI is InChI=1S/C17H25NO5S/c1-4-9-23-15-10-12(2)13(3)11-16(15)24(21,22)18-7-5-14(6-8-18)17(19)20/h10-11,14H,4-9H2,1-3H3,(H,19,20). The van der Waals surface area contributed by atoms with E-state index in [2.05, 4.69) is 0 Å². The molecule has 0 atom stereocenters. The highest BCUT2D eigenvalue weighted by atomic mass is 32.2. The molecular formula is C17H25NO5S. The molecule has 1 aromatic rings. The zero-order valence-corrected chi connectivity index (χ0v) is 15.2. The SMILES string of the molecule is CCCOc1cc(C)c(C)cc1S(=O)(=O)N1CCC(C(=O)O)CC1. The van der Waals surface area contributed by atoms with Gasteiger partial charge in [0.2, 0.25) is 10.0 Å². The molecule has 0 saturated carbocycles. The smallest absolute Gasteiger partial charge is 0.306 e. The number of nitrogens with zero attached hydrogens (tertiary/aromatic N) is 1. The van der Waals surface area contributed by atoms with Crippen LogP contribution in [-0.4, -0.2) is 43.5 Å². The van der Waals surface area contributed by atoms with E-state index in [1.165, 1.54) is 4.31 Å². The van der Waals surface area contributed by atoms with Crippen molar-refractivity contribution in [1.29, 1.82) is 0 Å². The Kier molecular flexibility index (Phi) is 5.87. The Morgan fingerprint density at radius 1 is 1.25 bits per heavy atom. The van der Waals surface area contributed by atoms with Crippen molar-refractivity contribution in [3.8, 4) is 5.75 Å². The zero-order chi connectivity index (χ0) is 17.9. The predicted octanol–water partition coefficient (Wildman–Crippen LogP) is 2.58. The number of ether oxygens (including phenoxy) is 1. The molecular weight excluding hydrogens is 330 g/mol. The summed E-state index contributed by atoms with van der Waals surface area (Å²) < 4.78 is 33.0. The fourth-order valence-corrected chi connectivity index (χ4v) is 4.44. The van der Waals surface area contributed by atoms with Gasteiger partial charge in [0, 0.05) is 13.1 Å². The van der Waals surface area contributed by atoms with Crippen LogP contribution in [0.5, 0.6) is 5.75 Å². The average molecular weight is 355 g/mol. The van der Waals surface area contributed by atoms with Crippen molar-refractivity contribution in [3.05, 3.63) is 23.3 Å². The molecule has 0 radical (unpaired) electrons. The molecule has 7 heteroatoms. The Morgan fingerprint density at radius 3 is 2.38 bits per heavy atom. The van der Waals surface area contributed by atoms with Crippen molar-refractivity contribution >= 4 is 16.0 Å². The molecule has 1 fully saturated rings. The van der Waals surface area contributed by atoms with Crippen molar-refractivity contribution < 1.29 is 23.1 Å². The molecule has 0 amide bonds. The molecule has 0 bridgehead atoms. The Hall–Kier alpha value is -1.60. The summed E-state index contributed by atoms with van der Waals surface area (Å²) in [5.74, 6) is -0.947. The Balaban J connectivity index is 2.32. The summed E-state index contributed by atoms with van der Waals surface area (Å²) in [6, 6.07) is 3.42. The molecule has 1 aliphatic rings. The molecule has 1 aromatic carbocycles. The summed E-state index contributed by atoms with van der Waals surface area (Å²) in [6.07, 6.45) is 1.46. The maximum atomic E-state index is 13.0. The third kappa shape index (κ3) is 3.89. The first-order valence-electron chi connectivity index (χ1n) is 8.24. The summed E-state index contributed by atoms with van der Waals surface area (Å²) in [5, 5.41) is 9.06. The van der Waals surface area contributed by atoms with Gasteiger partial charge in [0.15, 0.2) is 0 Å². The zero-order valence-electron chi connectivity index (χ0n) is 14.4. The summed E-state index contributed by atoms with van der Waals surface area (Å²) >= 11 is 0. The third-order valence-corrected chi connectivity index (χ3v) is 6.36. The van der Waals surface area contributed by atoms with E-state index in [0.717, 1.165) is 17.5 Å². The van der Waals surface area contributed by atoms with Crippen LogP contribution in [0, 0.1) is 19.8 Å². The Bertz CT molecular complexity index is 706. The molecule has 0 unspecified atom stereocenters. The second kappa shape index (κ2) is 7.53. The fourth-order valence-electron chi connectivity index (χ4n) is 2.77. The topological polar surface area (TPSA) is 83.9 Å². The van der Waals surface area contributed by atoms with Gasteiger partial charge in [-0.1, -0.05) is 6.92 Å². The lowest BCUT2D eigenvalue weighted by atomic mass is 9.99. The van der Waals surface area contributed by atoms with E-state index in [0.29, 0.717) is 25.2 Å². The van der Waals surface area contributed by atoms with Gasteiger partial charge < -0.3 is 9.84 Å². The summed E-state index contributed by atoms with van der Waals surface area (Å²) in [7, 11) is -3.70. The van der Waals surface area contributed by atoms with Crippen LogP contribution in [0.15, 0.2) is 17.0 Å². The minimum absolute atomic E-state index is 0.174. The van der Waals surface area contributed by atoms with Gasteiger partial charge in [0.25, 0.3) is 0 Å². The van der Waals surface area contributed by atoms with Crippen molar-refractivity contribution in [2.75, 3.05) is 19.7 Å². The number of hydrogen-bond acceptors (Lipinski definition) is 4. The molecule has 1 aliphatic heterocycles. The molecule has 0 aliphatic carbocycles. The highest BCUT2D eigenvalue weighted by Gasteiger charge is 2.33. The second-order valence-electron chi connectivity index (χ2n) is 6.25. The number of piperidine rings is 1. The number of carboxylic acids is 1. The summed E-state index contributed by atoms with van der Waals surface area (Å²) in [6.45, 7) is 6.65. The van der Waals surface area contributed by atoms with E-state index < -0.39 is 21.9 Å². The quantitative estimate of drug-likeness (QED) is 0.848. The van der Waals surface area contributed by atoms with E-state index in [9.17, 15) is 13.2 Å². The molecule has 2 rings (SSSR count). The van der Waals surface area contributed by atoms with Crippen molar-refractivity contribution in [1.82, 2.24) is 4.31 Å². The molecule has 6 nitrogen and oxygen atoms in total. The van der Waals surface area contributed by atoms with Gasteiger partial charge >= 0.3 is 5.97 Å². The van der Waals surface area contributed by atoms with Crippen LogP contribution in [-0.2, 0) is 14.8 Å². The summed E-state index contributed by atoms with van der Waals surface area (Å²) in [4.78, 5) is 11.2. The lowest BCUT2D eigenvalue weighted by Crippen LogP contribution is -2.40. The number of carboxylic acid groups (broad SMARTS) is 1. The lowest BCUT2D eigenvalue weighted by molar-refractivity contribution is -0.142. The van der Waals surface area contributed by atoms with Gasteiger partial charge in [-0.3, -0.25) is 4.79 Å². The minimum atomic E-state index is -3.70. The normalized spacial score (nSPS) is 17.0. The minimum Gasteiger partial charge on any atom is -0.492 e. The Morgan fingerprint density at radius 2 is 1.83 bits per heavy atom. The number of sulfonamides is 1. The highest BCUT2D eigenvalue weighted by Crippen LogP contribution is 2.32. The number of aryl methyl sites for hydroxylation is 2. The van der Waals surface area contributed by atoms with Gasteiger partial charge in [-0.25, -0.2) is 8.42 Å². The maximum Gasteiger partial charge on any atom is 0.306 e. The number of carbonyl (C=O) groups is 1. The van der Waals surface area contributed by atoms with Crippen molar-refractivity contribution in [2.24, 2.45) is 5.92 Å². The van der Waals surface area contributed by atoms with Crippen LogP contribution in [0.2, 0.25) is 0 Å². The first kappa shape index (κ1) is 18.7. The predicted molar refractivity (Wildman–Crippen MR) is 90.8 cm³/mol. The summed E-state index contributed by atoms with van der Waals surface area (Å²) in [5.41, 5.74) is 1.86. The largest absolute Gasteiger partial charge is 0.492 e. The van der Waals surface area contributed by atoms with Crippen LogP contribution in [0.25, 0.3) is 0 Å². The fraction of sp³-hybridized carbons (Fsp3) is 0.588. The lowest BCUT2D eigenvalue weighted by Gasteiger charge is -2.30. The van der Waals surface area contributed by atoms with Crippen LogP contribution < -0.4 is 4.74 Å². The van der Waals surface area contributed by atoms with E-state index in [4.69, 9.17) is 9.84 Å². The van der Waals surface area contributed by atoms with E-state index in [1.54, 1.807) is 12.1 Å². The van der Waals surface area contributed by atoms with E-state index in [1.807, 2.05) is 20.8 Å². The highest BCUT2D eigenvalue weighted by molar-refractivity contribution is 7.89. The van der Waals surface area contributed by atoms with E-state index >= 15 is 0 Å². The van der Waals surface area contributed by atoms with Crippen LogP contribution in [0.1, 0.15) is 37.3 Å². The number of aliphatic carboxylic acids is 1. The first-order chi connectivity index (χ1) is 11.3. The van der Waals surface area contributed by atoms with E-state index in [-0.39, 0.29) is 18.0 Å². The average Bonchev–Trinajstić information content (AvgIpc) is 2.55. The number of benzene rings is 1. The number of rotatable bonds is 6. The molecule has 1 heterocycles.